The van der Waals surface area contributed by atoms with Gasteiger partial charge in [0.1, 0.15) is 22.3 Å². The van der Waals surface area contributed by atoms with Crippen molar-refractivity contribution in [2.75, 3.05) is 0 Å². The van der Waals surface area contributed by atoms with Crippen LogP contribution < -0.4 is 10.9 Å². The number of rotatable bonds is 3. The van der Waals surface area contributed by atoms with Crippen LogP contribution >= 0.6 is 0 Å². The zero-order chi connectivity index (χ0) is 48.6. The van der Waals surface area contributed by atoms with Crippen LogP contribution in [0.15, 0.2) is 245 Å². The standard InChI is InChI=1S/C71H40BNO2/c1-3-17-40(18-4-1)42-31-43(41-19-5-2-6-20-41)33-46(32-42)65-58-36-44-34-54-49-23-9-7-21-47(49)48-22-8-10-24-50(48)55(54)35-45(44)37-61(58)72-68-59(65)38-56-51-25-12-15-29-63(51)74-70(56)66(68)60-39-57-52-26-13-16-30-64(52)75-71(57)67-53-27-11-14-28-62(53)73(72)69(60)67/h1-39,65H. The van der Waals surface area contributed by atoms with Gasteiger partial charge in [0.25, 0.3) is 0 Å². The van der Waals surface area contributed by atoms with E-state index in [2.05, 4.69) is 241 Å². The maximum atomic E-state index is 7.27. The van der Waals surface area contributed by atoms with Gasteiger partial charge < -0.3 is 13.3 Å². The molecule has 0 radical (unpaired) electrons. The van der Waals surface area contributed by atoms with Crippen molar-refractivity contribution in [3.05, 3.63) is 253 Å². The van der Waals surface area contributed by atoms with E-state index >= 15 is 0 Å². The minimum Gasteiger partial charge on any atom is -0.455 e. The van der Waals surface area contributed by atoms with E-state index in [1.165, 1.54) is 121 Å². The lowest BCUT2D eigenvalue weighted by Gasteiger charge is -2.38. The summed E-state index contributed by atoms with van der Waals surface area (Å²) in [5.41, 5.74) is 19.6. The highest BCUT2D eigenvalue weighted by Crippen LogP contribution is 2.52. The second kappa shape index (κ2) is 14.5. The number of furan rings is 2. The Morgan fingerprint density at radius 1 is 0.360 bits per heavy atom. The van der Waals surface area contributed by atoms with E-state index in [0.717, 1.165) is 49.3 Å². The van der Waals surface area contributed by atoms with E-state index in [0.29, 0.717) is 0 Å². The van der Waals surface area contributed by atoms with Crippen molar-refractivity contribution >= 4 is 127 Å². The lowest BCUT2D eigenvalue weighted by atomic mass is 9.41. The summed E-state index contributed by atoms with van der Waals surface area (Å²) in [5.74, 6) is -0.153. The number of para-hydroxylation sites is 3. The van der Waals surface area contributed by atoms with Crippen LogP contribution in [0.3, 0.4) is 0 Å². The van der Waals surface area contributed by atoms with Gasteiger partial charge in [0.15, 0.2) is 0 Å². The molecule has 0 amide bonds. The Kier molecular flexibility index (Phi) is 7.73. The topological polar surface area (TPSA) is 31.2 Å². The Labute approximate surface area is 430 Å². The average Bonchev–Trinajstić information content (AvgIpc) is 4.29. The molecule has 2 aliphatic rings. The number of fused-ring (bicyclic) bond motifs is 22. The predicted octanol–water partition coefficient (Wildman–Crippen LogP) is 17.7. The molecular formula is C71H40BNO2. The van der Waals surface area contributed by atoms with Crippen LogP contribution in [-0.4, -0.2) is 11.3 Å². The lowest BCUT2D eigenvalue weighted by molar-refractivity contribution is 0.669. The Hall–Kier alpha value is -9.64. The van der Waals surface area contributed by atoms with Crippen LogP contribution in [0.5, 0.6) is 0 Å². The van der Waals surface area contributed by atoms with E-state index in [1.54, 1.807) is 0 Å². The molecule has 344 valence electrons. The first-order chi connectivity index (χ1) is 37.2. The zero-order valence-electron chi connectivity index (χ0n) is 40.4. The van der Waals surface area contributed by atoms with Gasteiger partial charge in [-0.15, -0.1) is 0 Å². The first kappa shape index (κ1) is 39.9. The average molecular weight is 950 g/mol. The molecule has 0 bridgehead atoms. The highest BCUT2D eigenvalue weighted by atomic mass is 16.3. The molecular weight excluding hydrogens is 910 g/mol. The number of benzene rings is 13. The van der Waals surface area contributed by atoms with Gasteiger partial charge in [-0.2, -0.15) is 0 Å². The Bertz CT molecular complexity index is 5140. The maximum absolute atomic E-state index is 7.27. The zero-order valence-corrected chi connectivity index (χ0v) is 40.4. The van der Waals surface area contributed by atoms with Crippen molar-refractivity contribution in [2.24, 2.45) is 0 Å². The van der Waals surface area contributed by atoms with Crippen molar-refractivity contribution in [2.45, 2.75) is 5.92 Å². The van der Waals surface area contributed by atoms with Crippen molar-refractivity contribution in [3.8, 4) is 33.4 Å². The monoisotopic (exact) mass is 949 g/mol. The summed E-state index contributed by atoms with van der Waals surface area (Å²) in [6.45, 7) is -0.199. The van der Waals surface area contributed by atoms with E-state index in [4.69, 9.17) is 8.83 Å². The fraction of sp³-hybridized carbons (Fsp3) is 0.0141. The second-order valence-corrected chi connectivity index (χ2v) is 21.0. The van der Waals surface area contributed by atoms with Crippen molar-refractivity contribution < 1.29 is 8.83 Å². The summed E-state index contributed by atoms with van der Waals surface area (Å²) in [6.07, 6.45) is 0. The van der Waals surface area contributed by atoms with Gasteiger partial charge in [-0.1, -0.05) is 188 Å². The third-order valence-corrected chi connectivity index (χ3v) is 17.2. The van der Waals surface area contributed by atoms with Gasteiger partial charge in [-0.05, 0) is 141 Å². The molecule has 1 unspecified atom stereocenters. The summed E-state index contributed by atoms with van der Waals surface area (Å²) in [7, 11) is 0. The third-order valence-electron chi connectivity index (χ3n) is 17.2. The molecule has 3 nitrogen and oxygen atoms in total. The summed E-state index contributed by atoms with van der Waals surface area (Å²) in [6, 6.07) is 88.2. The second-order valence-electron chi connectivity index (χ2n) is 21.0. The summed E-state index contributed by atoms with van der Waals surface area (Å²) in [4.78, 5) is 0. The Balaban J connectivity index is 1.05. The fourth-order valence-corrected chi connectivity index (χ4v) is 14.1. The lowest BCUT2D eigenvalue weighted by Crippen LogP contribution is -2.57. The Morgan fingerprint density at radius 2 is 0.867 bits per heavy atom. The minimum atomic E-state index is -0.199. The largest absolute Gasteiger partial charge is 0.455 e. The van der Waals surface area contributed by atoms with E-state index in [1.807, 2.05) is 0 Å². The number of nitrogens with zero attached hydrogens (tertiary/aromatic N) is 1. The molecule has 0 aliphatic carbocycles. The molecule has 75 heavy (non-hydrogen) atoms. The number of hydrogen-bond acceptors (Lipinski definition) is 2. The van der Waals surface area contributed by atoms with E-state index in [9.17, 15) is 0 Å². The van der Waals surface area contributed by atoms with Crippen LogP contribution in [0.25, 0.3) is 142 Å². The maximum Gasteiger partial charge on any atom is 0.329 e. The smallest absolute Gasteiger partial charge is 0.329 e. The molecule has 13 aromatic carbocycles. The van der Waals surface area contributed by atoms with Gasteiger partial charge in [0.2, 0.25) is 0 Å². The summed E-state index contributed by atoms with van der Waals surface area (Å²) < 4.78 is 17.0. The van der Waals surface area contributed by atoms with E-state index < -0.39 is 0 Å². The van der Waals surface area contributed by atoms with Gasteiger partial charge in [0, 0.05) is 55.0 Å². The fourth-order valence-electron chi connectivity index (χ4n) is 14.1. The first-order valence-electron chi connectivity index (χ1n) is 26.1. The van der Waals surface area contributed by atoms with Crippen LogP contribution in [0, 0.1) is 0 Å². The van der Waals surface area contributed by atoms with Gasteiger partial charge >= 0.3 is 6.85 Å². The molecule has 5 heterocycles. The van der Waals surface area contributed by atoms with Crippen LogP contribution in [-0.2, 0) is 0 Å². The molecule has 3 aromatic heterocycles. The van der Waals surface area contributed by atoms with Crippen molar-refractivity contribution in [1.29, 1.82) is 0 Å². The number of aromatic nitrogens is 1. The highest BCUT2D eigenvalue weighted by Gasteiger charge is 2.46. The first-order valence-corrected chi connectivity index (χ1v) is 26.1. The minimum absolute atomic E-state index is 0.153. The van der Waals surface area contributed by atoms with Crippen LogP contribution in [0.4, 0.5) is 0 Å². The molecule has 2 aliphatic heterocycles. The van der Waals surface area contributed by atoms with Crippen molar-refractivity contribution in [1.82, 2.24) is 4.48 Å². The highest BCUT2D eigenvalue weighted by molar-refractivity contribution is 6.89. The van der Waals surface area contributed by atoms with Crippen molar-refractivity contribution in [3.63, 3.8) is 0 Å². The predicted molar refractivity (Wildman–Crippen MR) is 315 cm³/mol. The molecule has 1 atom stereocenters. The molecule has 0 saturated carbocycles. The van der Waals surface area contributed by atoms with Gasteiger partial charge in [-0.3, -0.25) is 0 Å². The number of hydrogen-bond donors (Lipinski definition) is 0. The van der Waals surface area contributed by atoms with Gasteiger partial charge in [0.05, 0.1) is 5.39 Å². The molecule has 0 saturated heterocycles. The van der Waals surface area contributed by atoms with E-state index in [-0.39, 0.29) is 12.8 Å². The van der Waals surface area contributed by atoms with Crippen LogP contribution in [0.1, 0.15) is 22.6 Å². The molecule has 0 spiro atoms. The Morgan fingerprint density at radius 3 is 1.49 bits per heavy atom. The molecule has 18 rings (SSSR count). The summed E-state index contributed by atoms with van der Waals surface area (Å²) in [5, 5.41) is 16.9. The molecule has 0 N–H and O–H groups in total. The molecule has 16 aromatic rings. The third kappa shape index (κ3) is 5.30. The quantitative estimate of drug-likeness (QED) is 0.100. The van der Waals surface area contributed by atoms with Gasteiger partial charge in [-0.25, -0.2) is 0 Å². The summed E-state index contributed by atoms with van der Waals surface area (Å²) >= 11 is 0. The molecule has 4 heteroatoms. The normalized spacial score (nSPS) is 14.0. The molecule has 0 fully saturated rings. The van der Waals surface area contributed by atoms with Crippen LogP contribution in [0.2, 0.25) is 0 Å². The SMILES string of the molecule is c1ccc(-c2cc(-c3ccccc3)cc(C3c4cc5cc6c7ccccc7c7ccccc7c6cc5cc4B4c5c3cc3c(oc6ccccc63)c5-c3cc5c6ccccc6oc5c5c6ccccc6n4c35)c2)cc1.